The Labute approximate surface area is 140 Å². The lowest BCUT2D eigenvalue weighted by molar-refractivity contribution is 0.583. The lowest BCUT2D eigenvalue weighted by Crippen LogP contribution is -2.25. The summed E-state index contributed by atoms with van der Waals surface area (Å²) in [6, 6.07) is 4.88. The first-order chi connectivity index (χ1) is 10.5. The van der Waals surface area contributed by atoms with Crippen LogP contribution in [0.4, 0.5) is 0 Å². The maximum atomic E-state index is 12.0. The van der Waals surface area contributed by atoms with Crippen molar-refractivity contribution in [3.63, 3.8) is 0 Å². The quantitative estimate of drug-likeness (QED) is 0.719. The number of rotatable bonds is 6. The molecule has 22 heavy (non-hydrogen) atoms. The predicted molar refractivity (Wildman–Crippen MR) is 87.5 cm³/mol. The van der Waals surface area contributed by atoms with Crippen molar-refractivity contribution < 1.29 is 8.42 Å². The summed E-state index contributed by atoms with van der Waals surface area (Å²) in [7, 11) is -3.50. The lowest BCUT2D eigenvalue weighted by Gasteiger charge is -2.03. The zero-order valence-corrected chi connectivity index (χ0v) is 14.3. The van der Waals surface area contributed by atoms with Gasteiger partial charge in [0.25, 0.3) is 0 Å². The third-order valence-electron chi connectivity index (χ3n) is 2.73. The molecule has 0 radical (unpaired) electrons. The van der Waals surface area contributed by atoms with Gasteiger partial charge in [-0.3, -0.25) is 0 Å². The Kier molecular flexibility index (Phi) is 4.59. The van der Waals surface area contributed by atoms with Crippen LogP contribution in [0.2, 0.25) is 4.34 Å². The molecule has 1 N–H and O–H groups in total. The topological polar surface area (TPSA) is 76.9 Å². The number of thiazole rings is 1. The highest BCUT2D eigenvalue weighted by Gasteiger charge is 2.16. The van der Waals surface area contributed by atoms with Crippen molar-refractivity contribution in [2.45, 2.75) is 10.6 Å². The Hall–Kier alpha value is -1.26. The largest absolute Gasteiger partial charge is 0.250 e. The van der Waals surface area contributed by atoms with Crippen LogP contribution in [0.25, 0.3) is 5.13 Å². The molecule has 3 aromatic rings. The molecule has 116 valence electrons. The number of nitrogens with zero attached hydrogens (tertiary/aromatic N) is 3. The van der Waals surface area contributed by atoms with Gasteiger partial charge in [0, 0.05) is 30.7 Å². The summed E-state index contributed by atoms with van der Waals surface area (Å²) in [6.45, 7) is 0.278. The van der Waals surface area contributed by atoms with Crippen LogP contribution < -0.4 is 4.72 Å². The fourth-order valence-electron chi connectivity index (χ4n) is 1.73. The first-order valence-corrected chi connectivity index (χ1v) is 9.80. The van der Waals surface area contributed by atoms with Crippen molar-refractivity contribution in [3.05, 3.63) is 46.0 Å². The van der Waals surface area contributed by atoms with Crippen LogP contribution in [0.3, 0.4) is 0 Å². The van der Waals surface area contributed by atoms with Crippen molar-refractivity contribution in [1.29, 1.82) is 0 Å². The molecule has 0 atom stereocenters. The van der Waals surface area contributed by atoms with Gasteiger partial charge in [-0.15, -0.1) is 22.7 Å². The normalized spacial score (nSPS) is 11.9. The molecule has 0 unspecified atom stereocenters. The van der Waals surface area contributed by atoms with E-state index < -0.39 is 10.0 Å². The van der Waals surface area contributed by atoms with Gasteiger partial charge in [-0.05, 0) is 18.2 Å². The summed E-state index contributed by atoms with van der Waals surface area (Å²) in [5, 5.41) is 6.76. The van der Waals surface area contributed by atoms with E-state index >= 15 is 0 Å². The zero-order chi connectivity index (χ0) is 15.6. The minimum absolute atomic E-state index is 0.216. The third-order valence-corrected chi connectivity index (χ3v) is 6.79. The Morgan fingerprint density at radius 2 is 2.23 bits per heavy atom. The maximum absolute atomic E-state index is 12.0. The van der Waals surface area contributed by atoms with Crippen LogP contribution in [-0.2, 0) is 16.4 Å². The molecule has 0 aliphatic rings. The van der Waals surface area contributed by atoms with E-state index in [1.54, 1.807) is 16.9 Å². The van der Waals surface area contributed by atoms with Gasteiger partial charge in [-0.25, -0.2) is 22.8 Å². The molecular formula is C12H11ClN4O2S3. The molecule has 0 fully saturated rings. The number of sulfonamides is 1. The van der Waals surface area contributed by atoms with Crippen molar-refractivity contribution in [2.24, 2.45) is 0 Å². The van der Waals surface area contributed by atoms with Crippen LogP contribution in [0.5, 0.6) is 0 Å². The van der Waals surface area contributed by atoms with Gasteiger partial charge in [0.2, 0.25) is 15.2 Å². The number of halogens is 1. The molecule has 3 aromatic heterocycles. The second kappa shape index (κ2) is 6.47. The van der Waals surface area contributed by atoms with Crippen LogP contribution in [-0.4, -0.2) is 29.7 Å². The predicted octanol–water partition coefficient (Wildman–Crippen LogP) is 2.56. The standard InChI is InChI=1S/C12H11ClN4O2S3/c13-10-2-3-11(21-10)22(18,19)15-6-4-9-8-20-12(16-9)17-7-1-5-14-17/h1-3,5,7-8,15H,4,6H2. The van der Waals surface area contributed by atoms with Gasteiger partial charge < -0.3 is 0 Å². The molecule has 0 bridgehead atoms. The second-order valence-electron chi connectivity index (χ2n) is 4.28. The van der Waals surface area contributed by atoms with Crippen LogP contribution >= 0.6 is 34.3 Å². The molecule has 3 heterocycles. The van der Waals surface area contributed by atoms with E-state index in [0.717, 1.165) is 22.2 Å². The molecule has 10 heteroatoms. The monoisotopic (exact) mass is 374 g/mol. The first-order valence-electron chi connectivity index (χ1n) is 6.24. The van der Waals surface area contributed by atoms with Crippen molar-refractivity contribution in [3.8, 4) is 5.13 Å². The minimum atomic E-state index is -3.50. The van der Waals surface area contributed by atoms with Gasteiger partial charge in [0.15, 0.2) is 0 Å². The molecule has 0 aliphatic heterocycles. The summed E-state index contributed by atoms with van der Waals surface area (Å²) >= 11 is 8.25. The summed E-state index contributed by atoms with van der Waals surface area (Å²) in [6.07, 6.45) is 4.00. The molecule has 0 saturated heterocycles. The fourth-order valence-corrected chi connectivity index (χ4v) is 5.08. The van der Waals surface area contributed by atoms with Gasteiger partial charge >= 0.3 is 0 Å². The number of thiophene rings is 1. The highest BCUT2D eigenvalue weighted by atomic mass is 35.5. The third kappa shape index (κ3) is 3.55. The summed E-state index contributed by atoms with van der Waals surface area (Å²) in [5.41, 5.74) is 0.822. The van der Waals surface area contributed by atoms with E-state index in [-0.39, 0.29) is 10.8 Å². The summed E-state index contributed by atoms with van der Waals surface area (Å²) in [5.74, 6) is 0. The average molecular weight is 375 g/mol. The molecule has 6 nitrogen and oxygen atoms in total. The Morgan fingerprint density at radius 1 is 1.36 bits per heavy atom. The minimum Gasteiger partial charge on any atom is -0.223 e. The average Bonchev–Trinajstić information content (AvgIpc) is 3.18. The lowest BCUT2D eigenvalue weighted by atomic mass is 10.3. The van der Waals surface area contributed by atoms with Crippen molar-refractivity contribution in [2.75, 3.05) is 6.54 Å². The summed E-state index contributed by atoms with van der Waals surface area (Å²) < 4.78 is 29.0. The molecule has 0 spiro atoms. The van der Waals surface area contributed by atoms with Crippen LogP contribution in [0, 0.1) is 0 Å². The fraction of sp³-hybridized carbons (Fsp3) is 0.167. The van der Waals surface area contributed by atoms with E-state index in [9.17, 15) is 8.42 Å². The van der Waals surface area contributed by atoms with Crippen LogP contribution in [0.1, 0.15) is 5.69 Å². The first kappa shape index (κ1) is 15.6. The second-order valence-corrected chi connectivity index (χ2v) is 8.82. The van der Waals surface area contributed by atoms with Gasteiger partial charge in [-0.1, -0.05) is 11.6 Å². The smallest absolute Gasteiger partial charge is 0.223 e. The SMILES string of the molecule is O=S(=O)(NCCc1csc(-n2cccn2)n1)c1ccc(Cl)s1. The highest BCUT2D eigenvalue weighted by Crippen LogP contribution is 2.25. The summed E-state index contributed by atoms with van der Waals surface area (Å²) in [4.78, 5) is 4.41. The van der Waals surface area contributed by atoms with Crippen molar-refractivity contribution >= 4 is 44.3 Å². The molecule has 3 rings (SSSR count). The molecule has 0 amide bonds. The van der Waals surface area contributed by atoms with E-state index in [1.165, 1.54) is 17.4 Å². The van der Waals surface area contributed by atoms with Gasteiger partial charge in [0.1, 0.15) is 4.21 Å². The maximum Gasteiger partial charge on any atom is 0.250 e. The molecule has 0 aliphatic carbocycles. The van der Waals surface area contributed by atoms with Crippen LogP contribution in [0.15, 0.2) is 40.2 Å². The van der Waals surface area contributed by atoms with E-state index in [0.29, 0.717) is 10.8 Å². The highest BCUT2D eigenvalue weighted by molar-refractivity contribution is 7.91. The number of aromatic nitrogens is 3. The molecule has 0 saturated carbocycles. The van der Waals surface area contributed by atoms with Gasteiger partial charge in [-0.2, -0.15) is 5.10 Å². The zero-order valence-electron chi connectivity index (χ0n) is 11.1. The molecule has 0 aromatic carbocycles. The van der Waals surface area contributed by atoms with E-state index in [1.807, 2.05) is 17.6 Å². The Bertz CT molecular complexity index is 855. The number of hydrogen-bond donors (Lipinski definition) is 1. The number of nitrogens with one attached hydrogen (secondary N) is 1. The Balaban J connectivity index is 1.59. The van der Waals surface area contributed by atoms with E-state index in [2.05, 4.69) is 14.8 Å². The number of hydrogen-bond acceptors (Lipinski definition) is 6. The van der Waals surface area contributed by atoms with Crippen molar-refractivity contribution in [1.82, 2.24) is 19.5 Å². The molecular weight excluding hydrogens is 364 g/mol. The van der Waals surface area contributed by atoms with E-state index in [4.69, 9.17) is 11.6 Å². The van der Waals surface area contributed by atoms with Gasteiger partial charge in [0.05, 0.1) is 10.0 Å². The Morgan fingerprint density at radius 3 is 2.91 bits per heavy atom.